The van der Waals surface area contributed by atoms with Crippen LogP contribution in [-0.2, 0) is 9.53 Å². The van der Waals surface area contributed by atoms with Gasteiger partial charge in [-0.3, -0.25) is 9.69 Å². The third-order valence-corrected chi connectivity index (χ3v) is 5.22. The number of nitrogens with one attached hydrogen (secondary N) is 2. The number of thiazole rings is 1. The Labute approximate surface area is 165 Å². The molecular weight excluding hydrogens is 386 g/mol. The van der Waals surface area contributed by atoms with Gasteiger partial charge in [0.05, 0.1) is 19.8 Å². The van der Waals surface area contributed by atoms with Crippen LogP contribution >= 0.6 is 22.9 Å². The molecule has 3 aromatic rings. The number of nitrogens with zero attached hydrogens (tertiary/aromatic N) is 3. The summed E-state index contributed by atoms with van der Waals surface area (Å²) in [5.41, 5.74) is 1.65. The Morgan fingerprint density at radius 3 is 2.70 bits per heavy atom. The third-order valence-electron chi connectivity index (χ3n) is 4.09. The quantitative estimate of drug-likeness (QED) is 0.680. The number of benzene rings is 1. The van der Waals surface area contributed by atoms with Gasteiger partial charge >= 0.3 is 0 Å². The average molecular weight is 404 g/mol. The molecular formula is C18H18ClN5O2S. The molecule has 4 rings (SSSR count). The molecule has 3 heterocycles. The number of morpholine rings is 1. The largest absolute Gasteiger partial charge is 0.379 e. The minimum absolute atomic E-state index is 0.0736. The Hall–Kier alpha value is -2.26. The highest BCUT2D eigenvalue weighted by atomic mass is 35.5. The van der Waals surface area contributed by atoms with Crippen LogP contribution in [0.15, 0.2) is 36.4 Å². The third kappa shape index (κ3) is 4.72. The molecule has 0 aliphatic carbocycles. The van der Waals surface area contributed by atoms with Crippen molar-refractivity contribution in [1.82, 2.24) is 14.9 Å². The molecule has 0 radical (unpaired) electrons. The predicted molar refractivity (Wildman–Crippen MR) is 108 cm³/mol. The minimum Gasteiger partial charge on any atom is -0.379 e. The van der Waals surface area contributed by atoms with Crippen LogP contribution in [-0.4, -0.2) is 53.6 Å². The van der Waals surface area contributed by atoms with Gasteiger partial charge in [0, 0.05) is 23.8 Å². The average Bonchev–Trinajstić information content (AvgIpc) is 3.05. The van der Waals surface area contributed by atoms with Crippen molar-refractivity contribution in [2.45, 2.75) is 0 Å². The number of amides is 1. The summed E-state index contributed by atoms with van der Waals surface area (Å²) in [7, 11) is 0. The van der Waals surface area contributed by atoms with Crippen LogP contribution in [0.2, 0.25) is 5.02 Å². The summed E-state index contributed by atoms with van der Waals surface area (Å²) in [5.74, 6) is 0.634. The van der Waals surface area contributed by atoms with Crippen molar-refractivity contribution in [2.24, 2.45) is 0 Å². The Kier molecular flexibility index (Phi) is 5.49. The van der Waals surface area contributed by atoms with Gasteiger partial charge in [-0.25, -0.2) is 9.97 Å². The molecule has 9 heteroatoms. The number of rotatable bonds is 5. The zero-order chi connectivity index (χ0) is 18.6. The fourth-order valence-electron chi connectivity index (χ4n) is 2.74. The summed E-state index contributed by atoms with van der Waals surface area (Å²) in [4.78, 5) is 24.1. The van der Waals surface area contributed by atoms with E-state index in [0.29, 0.717) is 35.7 Å². The number of pyridine rings is 1. The van der Waals surface area contributed by atoms with E-state index in [9.17, 15) is 4.79 Å². The maximum atomic E-state index is 12.2. The molecule has 0 bridgehead atoms. The van der Waals surface area contributed by atoms with E-state index in [0.717, 1.165) is 29.1 Å². The summed E-state index contributed by atoms with van der Waals surface area (Å²) < 4.78 is 5.29. The van der Waals surface area contributed by atoms with Crippen LogP contribution < -0.4 is 10.6 Å². The fourth-order valence-corrected chi connectivity index (χ4v) is 3.72. The van der Waals surface area contributed by atoms with E-state index in [1.807, 2.05) is 36.4 Å². The van der Waals surface area contributed by atoms with Crippen LogP contribution in [0.1, 0.15) is 0 Å². The molecule has 0 atom stereocenters. The predicted octanol–water partition coefficient (Wildman–Crippen LogP) is 3.36. The van der Waals surface area contributed by atoms with Crippen LogP contribution in [0, 0.1) is 0 Å². The molecule has 2 aromatic heterocycles. The van der Waals surface area contributed by atoms with Gasteiger partial charge in [-0.2, -0.15) is 0 Å². The molecule has 0 spiro atoms. The molecule has 7 nitrogen and oxygen atoms in total. The first kappa shape index (κ1) is 18.1. The molecule has 140 valence electrons. The summed E-state index contributed by atoms with van der Waals surface area (Å²) in [6, 6.07) is 11.1. The fraction of sp³-hybridized carbons (Fsp3) is 0.278. The van der Waals surface area contributed by atoms with E-state index in [1.165, 1.54) is 11.3 Å². The lowest BCUT2D eigenvalue weighted by Crippen LogP contribution is -2.41. The van der Waals surface area contributed by atoms with E-state index in [-0.39, 0.29) is 5.91 Å². The van der Waals surface area contributed by atoms with Crippen molar-refractivity contribution in [3.8, 4) is 0 Å². The maximum absolute atomic E-state index is 12.2. The molecule has 1 fully saturated rings. The number of halogens is 1. The molecule has 1 aliphatic rings. The first-order valence-electron chi connectivity index (χ1n) is 8.56. The SMILES string of the molecule is O=C(CN1CCOCC1)Nc1nc2ccc(Nc3ccc(Cl)cc3)nc2s1. The van der Waals surface area contributed by atoms with Crippen LogP contribution in [0.4, 0.5) is 16.6 Å². The highest BCUT2D eigenvalue weighted by Gasteiger charge is 2.15. The number of fused-ring (bicyclic) bond motifs is 1. The second-order valence-corrected chi connectivity index (χ2v) is 7.52. The van der Waals surface area contributed by atoms with Gasteiger partial charge in [0.1, 0.15) is 16.2 Å². The monoisotopic (exact) mass is 403 g/mol. The van der Waals surface area contributed by atoms with Crippen LogP contribution in [0.5, 0.6) is 0 Å². The number of carbonyl (C=O) groups is 1. The number of hydrogen-bond donors (Lipinski definition) is 2. The van der Waals surface area contributed by atoms with Crippen molar-refractivity contribution in [1.29, 1.82) is 0 Å². The Morgan fingerprint density at radius 2 is 1.93 bits per heavy atom. The molecule has 1 aliphatic heterocycles. The molecule has 27 heavy (non-hydrogen) atoms. The molecule has 0 saturated carbocycles. The molecule has 0 unspecified atom stereocenters. The standard InChI is InChI=1S/C18H18ClN5O2S/c19-12-1-3-13(4-2-12)20-15-6-5-14-17(22-15)27-18(21-14)23-16(25)11-24-7-9-26-10-8-24/h1-6H,7-11H2,(H,20,22)(H,21,23,25). The lowest BCUT2D eigenvalue weighted by molar-refractivity contribution is -0.118. The molecule has 2 N–H and O–H groups in total. The number of anilines is 3. The maximum Gasteiger partial charge on any atom is 0.240 e. The van der Waals surface area contributed by atoms with E-state index in [4.69, 9.17) is 16.3 Å². The smallest absolute Gasteiger partial charge is 0.240 e. The highest BCUT2D eigenvalue weighted by Crippen LogP contribution is 2.27. The van der Waals surface area contributed by atoms with E-state index < -0.39 is 0 Å². The zero-order valence-corrected chi connectivity index (χ0v) is 16.0. The number of hydrogen-bond acceptors (Lipinski definition) is 7. The van der Waals surface area contributed by atoms with Gasteiger partial charge in [-0.15, -0.1) is 0 Å². The summed E-state index contributed by atoms with van der Waals surface area (Å²) in [6.45, 7) is 3.22. The summed E-state index contributed by atoms with van der Waals surface area (Å²) >= 11 is 7.26. The first-order chi connectivity index (χ1) is 13.2. The lowest BCUT2D eigenvalue weighted by atomic mass is 10.3. The Morgan fingerprint density at radius 1 is 1.15 bits per heavy atom. The van der Waals surface area contributed by atoms with Crippen molar-refractivity contribution < 1.29 is 9.53 Å². The lowest BCUT2D eigenvalue weighted by Gasteiger charge is -2.25. The second kappa shape index (κ2) is 8.18. The van der Waals surface area contributed by atoms with E-state index in [2.05, 4.69) is 25.5 Å². The number of aromatic nitrogens is 2. The number of carbonyl (C=O) groups excluding carboxylic acids is 1. The van der Waals surface area contributed by atoms with Crippen molar-refractivity contribution in [3.05, 3.63) is 41.4 Å². The summed E-state index contributed by atoms with van der Waals surface area (Å²) in [6.07, 6.45) is 0. The van der Waals surface area contributed by atoms with Crippen molar-refractivity contribution >= 4 is 55.8 Å². The first-order valence-corrected chi connectivity index (χ1v) is 9.75. The van der Waals surface area contributed by atoms with Gasteiger partial charge in [0.25, 0.3) is 0 Å². The normalized spacial score (nSPS) is 15.0. The minimum atomic E-state index is -0.0736. The van der Waals surface area contributed by atoms with Crippen molar-refractivity contribution in [3.63, 3.8) is 0 Å². The number of ether oxygens (including phenoxy) is 1. The topological polar surface area (TPSA) is 79.4 Å². The van der Waals surface area contributed by atoms with Gasteiger partial charge in [0.2, 0.25) is 5.91 Å². The van der Waals surface area contributed by atoms with Gasteiger partial charge < -0.3 is 15.4 Å². The van der Waals surface area contributed by atoms with Gasteiger partial charge in [-0.05, 0) is 36.4 Å². The molecule has 1 aromatic carbocycles. The Bertz CT molecular complexity index is 941. The van der Waals surface area contributed by atoms with Crippen LogP contribution in [0.3, 0.4) is 0 Å². The van der Waals surface area contributed by atoms with Crippen molar-refractivity contribution in [2.75, 3.05) is 43.5 Å². The second-order valence-electron chi connectivity index (χ2n) is 6.11. The van der Waals surface area contributed by atoms with Crippen LogP contribution in [0.25, 0.3) is 10.3 Å². The van der Waals surface area contributed by atoms with Gasteiger partial charge in [0.15, 0.2) is 5.13 Å². The Balaban J connectivity index is 1.42. The highest BCUT2D eigenvalue weighted by molar-refractivity contribution is 7.22. The molecule has 1 amide bonds. The van der Waals surface area contributed by atoms with E-state index in [1.54, 1.807) is 0 Å². The molecule has 1 saturated heterocycles. The van der Waals surface area contributed by atoms with E-state index >= 15 is 0 Å². The zero-order valence-electron chi connectivity index (χ0n) is 14.4. The summed E-state index contributed by atoms with van der Waals surface area (Å²) in [5, 5.41) is 7.33. The van der Waals surface area contributed by atoms with Gasteiger partial charge in [-0.1, -0.05) is 22.9 Å².